The van der Waals surface area contributed by atoms with Crippen LogP contribution in [-0.4, -0.2) is 25.5 Å². The monoisotopic (exact) mass is 313 g/mol. The number of hydrogen-bond donors (Lipinski definition) is 1. The molecule has 0 aliphatic rings. The van der Waals surface area contributed by atoms with Crippen molar-refractivity contribution in [3.8, 4) is 0 Å². The van der Waals surface area contributed by atoms with E-state index in [1.54, 1.807) is 13.8 Å². The Kier molecular flexibility index (Phi) is 4.90. The second-order valence-electron chi connectivity index (χ2n) is 4.39. The van der Waals surface area contributed by atoms with Crippen LogP contribution < -0.4 is 5.32 Å². The van der Waals surface area contributed by atoms with Gasteiger partial charge in [-0.15, -0.1) is 0 Å². The smallest absolute Gasteiger partial charge is 0.325 e. The van der Waals surface area contributed by atoms with Crippen molar-refractivity contribution < 1.29 is 14.3 Å². The maximum Gasteiger partial charge on any atom is 0.325 e. The van der Waals surface area contributed by atoms with E-state index >= 15 is 0 Å². The number of nitrogens with one attached hydrogen (secondary N) is 1. The summed E-state index contributed by atoms with van der Waals surface area (Å²) in [5, 5.41) is 2.56. The van der Waals surface area contributed by atoms with Gasteiger partial charge in [0, 0.05) is 4.47 Å². The average molecular weight is 314 g/mol. The molecule has 1 N–H and O–H groups in total. The first-order chi connectivity index (χ1) is 8.37. The number of ether oxygens (including phenoxy) is 1. The zero-order chi connectivity index (χ0) is 13.8. The van der Waals surface area contributed by atoms with Gasteiger partial charge in [0.25, 0.3) is 0 Å². The van der Waals surface area contributed by atoms with Crippen molar-refractivity contribution in [2.75, 3.05) is 13.7 Å². The molecule has 0 aromatic heterocycles. The van der Waals surface area contributed by atoms with Gasteiger partial charge in [-0.2, -0.15) is 0 Å². The van der Waals surface area contributed by atoms with Crippen molar-refractivity contribution in [1.29, 1.82) is 0 Å². The molecule has 0 saturated heterocycles. The lowest BCUT2D eigenvalue weighted by Gasteiger charge is -2.24. The Balaban J connectivity index is 2.79. The fourth-order valence-electron chi connectivity index (χ4n) is 1.45. The van der Waals surface area contributed by atoms with Crippen LogP contribution in [0.4, 0.5) is 0 Å². The molecule has 0 heterocycles. The Bertz CT molecular complexity index is 457. The zero-order valence-corrected chi connectivity index (χ0v) is 12.2. The largest absolute Gasteiger partial charge is 0.468 e. The summed E-state index contributed by atoms with van der Waals surface area (Å²) in [4.78, 5) is 23.1. The number of halogens is 1. The number of esters is 1. The highest BCUT2D eigenvalue weighted by Gasteiger charge is 2.30. The van der Waals surface area contributed by atoms with E-state index in [9.17, 15) is 9.59 Å². The number of carbonyl (C=O) groups is 2. The highest BCUT2D eigenvalue weighted by Crippen LogP contribution is 2.25. The Morgan fingerprint density at radius 2 is 2.06 bits per heavy atom. The summed E-state index contributed by atoms with van der Waals surface area (Å²) < 4.78 is 5.39. The summed E-state index contributed by atoms with van der Waals surface area (Å²) in [6.45, 7) is 3.50. The molecule has 5 heteroatoms. The van der Waals surface area contributed by atoms with Gasteiger partial charge in [0.15, 0.2) is 0 Å². The quantitative estimate of drug-likeness (QED) is 0.865. The Hall–Kier alpha value is -1.36. The molecule has 0 atom stereocenters. The van der Waals surface area contributed by atoms with Gasteiger partial charge in [-0.05, 0) is 31.5 Å². The topological polar surface area (TPSA) is 55.4 Å². The summed E-state index contributed by atoms with van der Waals surface area (Å²) in [5.74, 6) is -0.681. The molecular formula is C13H16BrNO3. The van der Waals surface area contributed by atoms with Crippen molar-refractivity contribution in [1.82, 2.24) is 5.32 Å². The molecule has 1 amide bonds. The molecule has 0 fully saturated rings. The number of rotatable bonds is 4. The molecular weight excluding hydrogens is 298 g/mol. The van der Waals surface area contributed by atoms with Crippen LogP contribution in [0.15, 0.2) is 28.7 Å². The maximum absolute atomic E-state index is 12.1. The van der Waals surface area contributed by atoms with Crippen molar-refractivity contribution in [2.45, 2.75) is 19.3 Å². The van der Waals surface area contributed by atoms with Gasteiger partial charge in [0.05, 0.1) is 12.5 Å². The first kappa shape index (κ1) is 14.7. The second-order valence-corrected chi connectivity index (χ2v) is 5.31. The van der Waals surface area contributed by atoms with Crippen LogP contribution in [0.5, 0.6) is 0 Å². The van der Waals surface area contributed by atoms with Gasteiger partial charge in [-0.1, -0.05) is 28.1 Å². The first-order valence-corrected chi connectivity index (χ1v) is 6.28. The normalized spacial score (nSPS) is 10.9. The van der Waals surface area contributed by atoms with Crippen LogP contribution in [0.2, 0.25) is 0 Å². The summed E-state index contributed by atoms with van der Waals surface area (Å²) in [7, 11) is 1.29. The van der Waals surface area contributed by atoms with E-state index in [0.717, 1.165) is 10.0 Å². The summed E-state index contributed by atoms with van der Waals surface area (Å²) >= 11 is 3.37. The van der Waals surface area contributed by atoms with E-state index in [2.05, 4.69) is 26.0 Å². The van der Waals surface area contributed by atoms with E-state index in [1.807, 2.05) is 24.3 Å². The lowest BCUT2D eigenvalue weighted by molar-refractivity contribution is -0.141. The molecule has 0 unspecified atom stereocenters. The fourth-order valence-corrected chi connectivity index (χ4v) is 1.85. The van der Waals surface area contributed by atoms with Crippen LogP contribution in [0.3, 0.4) is 0 Å². The summed E-state index contributed by atoms with van der Waals surface area (Å²) in [6.07, 6.45) is 0. The number of hydrogen-bond acceptors (Lipinski definition) is 3. The fraction of sp³-hybridized carbons (Fsp3) is 0.385. The van der Waals surface area contributed by atoms with Gasteiger partial charge in [-0.25, -0.2) is 0 Å². The van der Waals surface area contributed by atoms with E-state index in [-0.39, 0.29) is 12.5 Å². The highest BCUT2D eigenvalue weighted by molar-refractivity contribution is 9.10. The molecule has 4 nitrogen and oxygen atoms in total. The van der Waals surface area contributed by atoms with E-state index in [1.165, 1.54) is 7.11 Å². The van der Waals surface area contributed by atoms with Crippen molar-refractivity contribution in [2.24, 2.45) is 0 Å². The minimum atomic E-state index is -0.711. The van der Waals surface area contributed by atoms with E-state index in [0.29, 0.717) is 0 Å². The van der Waals surface area contributed by atoms with Crippen molar-refractivity contribution >= 4 is 27.8 Å². The van der Waals surface area contributed by atoms with Crippen molar-refractivity contribution in [3.63, 3.8) is 0 Å². The van der Waals surface area contributed by atoms with E-state index < -0.39 is 11.4 Å². The average Bonchev–Trinajstić information content (AvgIpc) is 2.35. The molecule has 0 bridgehead atoms. The number of amides is 1. The van der Waals surface area contributed by atoms with Crippen molar-refractivity contribution in [3.05, 3.63) is 34.3 Å². The van der Waals surface area contributed by atoms with Crippen LogP contribution in [-0.2, 0) is 19.7 Å². The molecule has 18 heavy (non-hydrogen) atoms. The summed E-state index contributed by atoms with van der Waals surface area (Å²) in [5.41, 5.74) is 0.164. The van der Waals surface area contributed by atoms with Crippen LogP contribution in [0, 0.1) is 0 Å². The minimum absolute atomic E-state index is 0.118. The first-order valence-electron chi connectivity index (χ1n) is 5.49. The number of benzene rings is 1. The molecule has 0 saturated carbocycles. The van der Waals surface area contributed by atoms with Crippen LogP contribution >= 0.6 is 15.9 Å². The Morgan fingerprint density at radius 1 is 1.39 bits per heavy atom. The predicted octanol–water partition coefficient (Wildman–Crippen LogP) is 2.02. The lowest BCUT2D eigenvalue weighted by atomic mass is 9.84. The van der Waals surface area contributed by atoms with Crippen LogP contribution in [0.1, 0.15) is 19.4 Å². The highest BCUT2D eigenvalue weighted by atomic mass is 79.9. The summed E-state index contributed by atoms with van der Waals surface area (Å²) in [6, 6.07) is 7.53. The number of carbonyl (C=O) groups excluding carboxylic acids is 2. The van der Waals surface area contributed by atoms with E-state index in [4.69, 9.17) is 0 Å². The molecule has 0 aliphatic heterocycles. The standard InChI is InChI=1S/C13H16BrNO3/c1-13(2,9-5-4-6-10(14)7-9)12(17)15-8-11(16)18-3/h4-7H,8H2,1-3H3,(H,15,17). The predicted molar refractivity (Wildman–Crippen MR) is 72.2 cm³/mol. The molecule has 0 spiro atoms. The molecule has 0 aliphatic carbocycles. The van der Waals surface area contributed by atoms with Crippen LogP contribution in [0.25, 0.3) is 0 Å². The second kappa shape index (κ2) is 6.00. The third-order valence-corrected chi connectivity index (χ3v) is 3.23. The molecule has 1 aromatic rings. The van der Waals surface area contributed by atoms with Gasteiger partial charge in [0.1, 0.15) is 6.54 Å². The molecule has 1 aromatic carbocycles. The Labute approximate surface area is 115 Å². The third kappa shape index (κ3) is 3.57. The minimum Gasteiger partial charge on any atom is -0.468 e. The molecule has 1 rings (SSSR count). The molecule has 98 valence electrons. The number of methoxy groups -OCH3 is 1. The van der Waals surface area contributed by atoms with Gasteiger partial charge in [-0.3, -0.25) is 9.59 Å². The SMILES string of the molecule is COC(=O)CNC(=O)C(C)(C)c1cccc(Br)c1. The zero-order valence-electron chi connectivity index (χ0n) is 10.6. The van der Waals surface area contributed by atoms with Gasteiger partial charge >= 0.3 is 5.97 Å². The van der Waals surface area contributed by atoms with Gasteiger partial charge in [0.2, 0.25) is 5.91 Å². The lowest BCUT2D eigenvalue weighted by Crippen LogP contribution is -2.42. The maximum atomic E-state index is 12.1. The molecule has 0 radical (unpaired) electrons. The van der Waals surface area contributed by atoms with Gasteiger partial charge < -0.3 is 10.1 Å². The third-order valence-electron chi connectivity index (χ3n) is 2.73. The Morgan fingerprint density at radius 3 is 2.61 bits per heavy atom.